The molecule has 0 aliphatic heterocycles. The lowest BCUT2D eigenvalue weighted by Gasteiger charge is -2.11. The first kappa shape index (κ1) is 13.6. The van der Waals surface area contributed by atoms with Gasteiger partial charge in [-0.2, -0.15) is 0 Å². The number of hydrogen-bond donors (Lipinski definition) is 1. The van der Waals surface area contributed by atoms with E-state index < -0.39 is 0 Å². The van der Waals surface area contributed by atoms with Gasteiger partial charge in [0.25, 0.3) is 0 Å². The van der Waals surface area contributed by atoms with Gasteiger partial charge in [0.1, 0.15) is 5.75 Å². The van der Waals surface area contributed by atoms with Gasteiger partial charge in [0.05, 0.1) is 0 Å². The summed E-state index contributed by atoms with van der Waals surface area (Å²) in [7, 11) is 1.93. The highest BCUT2D eigenvalue weighted by atomic mass is 16.5. The number of ether oxygens (including phenoxy) is 1. The van der Waals surface area contributed by atoms with E-state index in [1.165, 1.54) is 11.1 Å². The van der Waals surface area contributed by atoms with Crippen molar-refractivity contribution in [3.05, 3.63) is 52.7 Å². The maximum absolute atomic E-state index is 5.92. The Balaban J connectivity index is 2.30. The lowest BCUT2D eigenvalue weighted by Crippen LogP contribution is -2.06. The molecule has 1 heterocycles. The van der Waals surface area contributed by atoms with Crippen LogP contribution in [0.5, 0.6) is 11.6 Å². The van der Waals surface area contributed by atoms with E-state index in [1.54, 1.807) is 0 Å². The van der Waals surface area contributed by atoms with Gasteiger partial charge in [0.2, 0.25) is 5.88 Å². The van der Waals surface area contributed by atoms with Crippen LogP contribution in [-0.4, -0.2) is 12.0 Å². The van der Waals surface area contributed by atoms with Crippen LogP contribution < -0.4 is 10.1 Å². The first-order valence-corrected chi connectivity index (χ1v) is 6.46. The minimum Gasteiger partial charge on any atom is -0.439 e. The number of hydrogen-bond acceptors (Lipinski definition) is 3. The Morgan fingerprint density at radius 2 is 1.95 bits per heavy atom. The number of aromatic nitrogens is 1. The van der Waals surface area contributed by atoms with Gasteiger partial charge in [0, 0.05) is 18.3 Å². The van der Waals surface area contributed by atoms with Crippen LogP contribution in [0.25, 0.3) is 0 Å². The molecule has 0 fully saturated rings. The fraction of sp³-hybridized carbons (Fsp3) is 0.312. The van der Waals surface area contributed by atoms with Crippen LogP contribution in [0.1, 0.15) is 22.4 Å². The van der Waals surface area contributed by atoms with Crippen molar-refractivity contribution in [2.45, 2.75) is 27.3 Å². The van der Waals surface area contributed by atoms with Crippen molar-refractivity contribution < 1.29 is 4.74 Å². The van der Waals surface area contributed by atoms with E-state index >= 15 is 0 Å². The van der Waals surface area contributed by atoms with Crippen molar-refractivity contribution in [3.63, 3.8) is 0 Å². The van der Waals surface area contributed by atoms with E-state index in [0.717, 1.165) is 23.6 Å². The van der Waals surface area contributed by atoms with E-state index in [0.29, 0.717) is 5.88 Å². The molecule has 2 rings (SSSR count). The van der Waals surface area contributed by atoms with Crippen molar-refractivity contribution in [2.75, 3.05) is 7.05 Å². The standard InChI is InChI=1S/C16H20N2O/c1-11-6-5-7-15(13(11)3)19-16-9-14(10-17-4)8-12(2)18-16/h5-9,17H,10H2,1-4H3. The first-order valence-electron chi connectivity index (χ1n) is 6.46. The van der Waals surface area contributed by atoms with Crippen molar-refractivity contribution >= 4 is 0 Å². The number of nitrogens with zero attached hydrogens (tertiary/aromatic N) is 1. The minimum atomic E-state index is 0.652. The molecule has 19 heavy (non-hydrogen) atoms. The molecule has 0 amide bonds. The third kappa shape index (κ3) is 3.32. The van der Waals surface area contributed by atoms with Gasteiger partial charge in [-0.1, -0.05) is 12.1 Å². The third-order valence-corrected chi connectivity index (χ3v) is 3.14. The SMILES string of the molecule is CNCc1cc(C)nc(Oc2cccc(C)c2C)c1. The quantitative estimate of drug-likeness (QED) is 0.908. The highest BCUT2D eigenvalue weighted by Gasteiger charge is 2.06. The lowest BCUT2D eigenvalue weighted by atomic mass is 10.1. The number of benzene rings is 1. The highest BCUT2D eigenvalue weighted by Crippen LogP contribution is 2.26. The molecule has 3 heteroatoms. The molecule has 1 aromatic heterocycles. The molecule has 0 aliphatic carbocycles. The number of rotatable bonds is 4. The molecule has 0 atom stereocenters. The maximum atomic E-state index is 5.92. The molecular formula is C16H20N2O. The molecule has 0 saturated heterocycles. The summed E-state index contributed by atoms with van der Waals surface area (Å²) in [6.07, 6.45) is 0. The van der Waals surface area contributed by atoms with E-state index in [4.69, 9.17) is 4.74 Å². The zero-order valence-electron chi connectivity index (χ0n) is 11.9. The van der Waals surface area contributed by atoms with Gasteiger partial charge in [-0.25, -0.2) is 4.98 Å². The number of aryl methyl sites for hydroxylation is 2. The molecule has 1 N–H and O–H groups in total. The fourth-order valence-corrected chi connectivity index (χ4v) is 2.01. The normalized spacial score (nSPS) is 10.5. The van der Waals surface area contributed by atoms with Gasteiger partial charge in [-0.05, 0) is 56.6 Å². The Bertz CT molecular complexity index is 579. The Kier molecular flexibility index (Phi) is 4.17. The van der Waals surface area contributed by atoms with Gasteiger partial charge < -0.3 is 10.1 Å². The smallest absolute Gasteiger partial charge is 0.219 e. The molecule has 1 aromatic carbocycles. The van der Waals surface area contributed by atoms with Gasteiger partial charge in [0.15, 0.2) is 0 Å². The topological polar surface area (TPSA) is 34.2 Å². The Morgan fingerprint density at radius 3 is 2.68 bits per heavy atom. The van der Waals surface area contributed by atoms with Crippen molar-refractivity contribution in [2.24, 2.45) is 0 Å². The predicted molar refractivity (Wildman–Crippen MR) is 77.7 cm³/mol. The second-order valence-electron chi connectivity index (χ2n) is 4.79. The summed E-state index contributed by atoms with van der Waals surface area (Å²) in [5.74, 6) is 1.52. The van der Waals surface area contributed by atoms with E-state index in [9.17, 15) is 0 Å². The number of nitrogens with one attached hydrogen (secondary N) is 1. The maximum Gasteiger partial charge on any atom is 0.219 e. The van der Waals surface area contributed by atoms with E-state index in [1.807, 2.05) is 32.2 Å². The summed E-state index contributed by atoms with van der Waals surface area (Å²) < 4.78 is 5.92. The molecule has 2 aromatic rings. The second-order valence-corrected chi connectivity index (χ2v) is 4.79. The molecule has 0 bridgehead atoms. The van der Waals surface area contributed by atoms with Crippen LogP contribution in [0.4, 0.5) is 0 Å². The zero-order chi connectivity index (χ0) is 13.8. The Labute approximate surface area is 114 Å². The largest absolute Gasteiger partial charge is 0.439 e. The lowest BCUT2D eigenvalue weighted by molar-refractivity contribution is 0.456. The Morgan fingerprint density at radius 1 is 1.16 bits per heavy atom. The van der Waals surface area contributed by atoms with Gasteiger partial charge >= 0.3 is 0 Å². The summed E-state index contributed by atoms with van der Waals surface area (Å²) in [5, 5.41) is 3.14. The van der Waals surface area contributed by atoms with Crippen LogP contribution in [0.2, 0.25) is 0 Å². The molecule has 0 aliphatic rings. The van der Waals surface area contributed by atoms with E-state index in [-0.39, 0.29) is 0 Å². The Hall–Kier alpha value is -1.87. The number of pyridine rings is 1. The van der Waals surface area contributed by atoms with Crippen LogP contribution in [0, 0.1) is 20.8 Å². The third-order valence-electron chi connectivity index (χ3n) is 3.14. The van der Waals surface area contributed by atoms with Crippen LogP contribution in [-0.2, 0) is 6.54 Å². The highest BCUT2D eigenvalue weighted by molar-refractivity contribution is 5.40. The molecule has 0 radical (unpaired) electrons. The van der Waals surface area contributed by atoms with Crippen LogP contribution in [0.15, 0.2) is 30.3 Å². The summed E-state index contributed by atoms with van der Waals surface area (Å²) in [6.45, 7) is 6.94. The van der Waals surface area contributed by atoms with Crippen LogP contribution in [0.3, 0.4) is 0 Å². The molecule has 0 unspecified atom stereocenters. The summed E-state index contributed by atoms with van der Waals surface area (Å²) in [4.78, 5) is 4.43. The van der Waals surface area contributed by atoms with Crippen molar-refractivity contribution in [3.8, 4) is 11.6 Å². The van der Waals surface area contributed by atoms with Crippen LogP contribution >= 0.6 is 0 Å². The average Bonchev–Trinajstić information content (AvgIpc) is 2.35. The van der Waals surface area contributed by atoms with E-state index in [2.05, 4.69) is 36.3 Å². The molecule has 0 spiro atoms. The molecule has 3 nitrogen and oxygen atoms in total. The van der Waals surface area contributed by atoms with Gasteiger partial charge in [-0.3, -0.25) is 0 Å². The fourth-order valence-electron chi connectivity index (χ4n) is 2.01. The minimum absolute atomic E-state index is 0.652. The molecule has 100 valence electrons. The first-order chi connectivity index (χ1) is 9.10. The van der Waals surface area contributed by atoms with Crippen molar-refractivity contribution in [1.82, 2.24) is 10.3 Å². The summed E-state index contributed by atoms with van der Waals surface area (Å²) >= 11 is 0. The molecular weight excluding hydrogens is 236 g/mol. The van der Waals surface area contributed by atoms with Gasteiger partial charge in [-0.15, -0.1) is 0 Å². The second kappa shape index (κ2) is 5.85. The summed E-state index contributed by atoms with van der Waals surface area (Å²) in [6, 6.07) is 10.1. The predicted octanol–water partition coefficient (Wildman–Crippen LogP) is 3.52. The average molecular weight is 256 g/mol. The monoisotopic (exact) mass is 256 g/mol. The molecule has 0 saturated carbocycles. The van der Waals surface area contributed by atoms with Crippen molar-refractivity contribution in [1.29, 1.82) is 0 Å². The zero-order valence-corrected chi connectivity index (χ0v) is 11.9. The summed E-state index contributed by atoms with van der Waals surface area (Å²) in [5.41, 5.74) is 4.52.